The molecule has 1 aromatic carbocycles. The van der Waals surface area contributed by atoms with Gasteiger partial charge in [-0.2, -0.15) is 0 Å². The van der Waals surface area contributed by atoms with Gasteiger partial charge in [-0.3, -0.25) is 0 Å². The minimum Gasteiger partial charge on any atom is -0.496 e. The Hall–Kier alpha value is -0.730. The van der Waals surface area contributed by atoms with Crippen molar-refractivity contribution in [3.63, 3.8) is 0 Å². The molecule has 84 valence electrons. The number of halogens is 1. The standard InChI is InChI=1S/C12H18ClNO/c1-5-9-10(13)6-8(12(2,3)14)7-11(9)15-4/h6-7H,5,14H2,1-4H3. The van der Waals surface area contributed by atoms with Crippen LogP contribution in [0.3, 0.4) is 0 Å². The molecule has 0 aromatic heterocycles. The van der Waals surface area contributed by atoms with Gasteiger partial charge >= 0.3 is 0 Å². The summed E-state index contributed by atoms with van der Waals surface area (Å²) in [6.45, 7) is 5.95. The molecule has 0 saturated carbocycles. The van der Waals surface area contributed by atoms with E-state index in [4.69, 9.17) is 22.1 Å². The van der Waals surface area contributed by atoms with E-state index in [0.29, 0.717) is 0 Å². The molecule has 0 fully saturated rings. The van der Waals surface area contributed by atoms with E-state index < -0.39 is 5.54 Å². The van der Waals surface area contributed by atoms with Gasteiger partial charge in [-0.1, -0.05) is 18.5 Å². The number of hydrogen-bond donors (Lipinski definition) is 1. The Kier molecular flexibility index (Phi) is 3.63. The van der Waals surface area contributed by atoms with Crippen LogP contribution in [-0.2, 0) is 12.0 Å². The molecule has 0 aliphatic heterocycles. The first-order valence-corrected chi connectivity index (χ1v) is 5.43. The third-order valence-corrected chi connectivity index (χ3v) is 2.81. The first-order valence-electron chi connectivity index (χ1n) is 5.06. The molecule has 0 radical (unpaired) electrons. The van der Waals surface area contributed by atoms with Crippen LogP contribution in [0, 0.1) is 0 Å². The van der Waals surface area contributed by atoms with E-state index >= 15 is 0 Å². The molecule has 0 atom stereocenters. The summed E-state index contributed by atoms with van der Waals surface area (Å²) < 4.78 is 5.31. The predicted octanol–water partition coefficient (Wildman–Crippen LogP) is 3.10. The first kappa shape index (κ1) is 12.3. The van der Waals surface area contributed by atoms with Gasteiger partial charge in [0.25, 0.3) is 0 Å². The maximum atomic E-state index is 6.18. The SMILES string of the molecule is CCc1c(Cl)cc(C(C)(C)N)cc1OC. The Morgan fingerprint density at radius 3 is 2.40 bits per heavy atom. The number of hydrogen-bond acceptors (Lipinski definition) is 2. The van der Waals surface area contributed by atoms with E-state index in [9.17, 15) is 0 Å². The van der Waals surface area contributed by atoms with Crippen LogP contribution in [0.4, 0.5) is 0 Å². The second-order valence-corrected chi connectivity index (χ2v) is 4.62. The molecular weight excluding hydrogens is 210 g/mol. The molecular formula is C12H18ClNO. The third kappa shape index (κ3) is 2.64. The summed E-state index contributed by atoms with van der Waals surface area (Å²) in [5, 5.41) is 0.727. The molecule has 0 bridgehead atoms. The number of nitrogens with two attached hydrogens (primary N) is 1. The Labute approximate surface area is 96.4 Å². The highest BCUT2D eigenvalue weighted by Gasteiger charge is 2.18. The van der Waals surface area contributed by atoms with E-state index in [2.05, 4.69) is 6.92 Å². The number of ether oxygens (including phenoxy) is 1. The lowest BCUT2D eigenvalue weighted by Crippen LogP contribution is -2.28. The molecule has 0 aliphatic carbocycles. The second kappa shape index (κ2) is 4.42. The quantitative estimate of drug-likeness (QED) is 0.861. The fraction of sp³-hybridized carbons (Fsp3) is 0.500. The molecule has 2 N–H and O–H groups in total. The topological polar surface area (TPSA) is 35.2 Å². The van der Waals surface area contributed by atoms with Gasteiger partial charge < -0.3 is 10.5 Å². The molecule has 1 aromatic rings. The predicted molar refractivity (Wildman–Crippen MR) is 64.6 cm³/mol. The Bertz CT molecular complexity index is 355. The first-order chi connectivity index (χ1) is 6.90. The van der Waals surface area contributed by atoms with Crippen molar-refractivity contribution in [1.29, 1.82) is 0 Å². The minimum absolute atomic E-state index is 0.400. The normalized spacial score (nSPS) is 11.6. The second-order valence-electron chi connectivity index (χ2n) is 4.21. The van der Waals surface area contributed by atoms with Crippen LogP contribution in [-0.4, -0.2) is 7.11 Å². The lowest BCUT2D eigenvalue weighted by atomic mass is 9.94. The number of methoxy groups -OCH3 is 1. The summed E-state index contributed by atoms with van der Waals surface area (Å²) in [6, 6.07) is 3.88. The fourth-order valence-electron chi connectivity index (χ4n) is 1.51. The van der Waals surface area contributed by atoms with Crippen LogP contribution < -0.4 is 10.5 Å². The number of benzene rings is 1. The van der Waals surface area contributed by atoms with Gasteiger partial charge in [-0.15, -0.1) is 0 Å². The van der Waals surface area contributed by atoms with Crippen molar-refractivity contribution in [3.8, 4) is 5.75 Å². The van der Waals surface area contributed by atoms with Gasteiger partial charge in [0.2, 0.25) is 0 Å². The van der Waals surface area contributed by atoms with E-state index in [0.717, 1.165) is 28.3 Å². The van der Waals surface area contributed by atoms with Crippen molar-refractivity contribution in [2.75, 3.05) is 7.11 Å². The van der Waals surface area contributed by atoms with Gasteiger partial charge in [-0.25, -0.2) is 0 Å². The summed E-state index contributed by atoms with van der Waals surface area (Å²) in [5.41, 5.74) is 7.65. The summed E-state index contributed by atoms with van der Waals surface area (Å²) in [4.78, 5) is 0. The summed E-state index contributed by atoms with van der Waals surface area (Å²) in [6.07, 6.45) is 0.854. The van der Waals surface area contributed by atoms with Crippen molar-refractivity contribution in [2.45, 2.75) is 32.7 Å². The summed E-state index contributed by atoms with van der Waals surface area (Å²) in [7, 11) is 1.65. The average molecular weight is 228 g/mol. The van der Waals surface area contributed by atoms with Crippen molar-refractivity contribution in [2.24, 2.45) is 5.73 Å². The van der Waals surface area contributed by atoms with E-state index in [1.54, 1.807) is 7.11 Å². The maximum absolute atomic E-state index is 6.18. The maximum Gasteiger partial charge on any atom is 0.123 e. The number of rotatable bonds is 3. The van der Waals surface area contributed by atoms with Gasteiger partial charge in [-0.05, 0) is 38.0 Å². The highest BCUT2D eigenvalue weighted by Crippen LogP contribution is 2.32. The van der Waals surface area contributed by atoms with Crippen LogP contribution in [0.15, 0.2) is 12.1 Å². The molecule has 0 heterocycles. The van der Waals surface area contributed by atoms with Crippen LogP contribution >= 0.6 is 11.6 Å². The third-order valence-electron chi connectivity index (χ3n) is 2.47. The largest absolute Gasteiger partial charge is 0.496 e. The summed E-state index contributed by atoms with van der Waals surface area (Å²) >= 11 is 6.18. The van der Waals surface area contributed by atoms with Crippen LogP contribution in [0.2, 0.25) is 5.02 Å². The molecule has 0 spiro atoms. The molecule has 0 saturated heterocycles. The fourth-order valence-corrected chi connectivity index (χ4v) is 1.85. The summed E-state index contributed by atoms with van der Waals surface area (Å²) in [5.74, 6) is 0.818. The zero-order valence-electron chi connectivity index (χ0n) is 9.73. The van der Waals surface area contributed by atoms with Gasteiger partial charge in [0.05, 0.1) is 7.11 Å². The molecule has 3 heteroatoms. The van der Waals surface area contributed by atoms with E-state index in [1.807, 2.05) is 26.0 Å². The van der Waals surface area contributed by atoms with Crippen LogP contribution in [0.1, 0.15) is 31.9 Å². The highest BCUT2D eigenvalue weighted by molar-refractivity contribution is 6.31. The Balaban J connectivity index is 3.32. The molecule has 0 unspecified atom stereocenters. The Morgan fingerprint density at radius 2 is 2.00 bits per heavy atom. The monoisotopic (exact) mass is 227 g/mol. The molecule has 0 amide bonds. The van der Waals surface area contributed by atoms with Crippen molar-refractivity contribution >= 4 is 11.6 Å². The van der Waals surface area contributed by atoms with Crippen molar-refractivity contribution in [3.05, 3.63) is 28.3 Å². The van der Waals surface area contributed by atoms with Gasteiger partial charge in [0.1, 0.15) is 5.75 Å². The van der Waals surface area contributed by atoms with E-state index in [1.165, 1.54) is 0 Å². The Morgan fingerprint density at radius 1 is 1.40 bits per heavy atom. The smallest absolute Gasteiger partial charge is 0.123 e. The van der Waals surface area contributed by atoms with Gasteiger partial charge in [0, 0.05) is 16.1 Å². The molecule has 1 rings (SSSR count). The average Bonchev–Trinajstić information content (AvgIpc) is 2.15. The molecule has 0 aliphatic rings. The molecule has 15 heavy (non-hydrogen) atoms. The van der Waals surface area contributed by atoms with Crippen molar-refractivity contribution < 1.29 is 4.74 Å². The lowest BCUT2D eigenvalue weighted by Gasteiger charge is -2.21. The zero-order valence-corrected chi connectivity index (χ0v) is 10.5. The zero-order chi connectivity index (χ0) is 11.6. The highest BCUT2D eigenvalue weighted by atomic mass is 35.5. The van der Waals surface area contributed by atoms with Crippen LogP contribution in [0.5, 0.6) is 5.75 Å². The van der Waals surface area contributed by atoms with E-state index in [-0.39, 0.29) is 0 Å². The van der Waals surface area contributed by atoms with Gasteiger partial charge in [0.15, 0.2) is 0 Å². The lowest BCUT2D eigenvalue weighted by molar-refractivity contribution is 0.407. The molecule has 2 nitrogen and oxygen atoms in total. The minimum atomic E-state index is -0.400. The van der Waals surface area contributed by atoms with Crippen molar-refractivity contribution in [1.82, 2.24) is 0 Å². The van der Waals surface area contributed by atoms with Crippen LogP contribution in [0.25, 0.3) is 0 Å².